The van der Waals surface area contributed by atoms with Crippen LogP contribution in [0, 0.1) is 6.92 Å². The molecule has 150 valence electrons. The van der Waals surface area contributed by atoms with E-state index in [9.17, 15) is 14.4 Å². The Balaban J connectivity index is 1.77. The Bertz CT molecular complexity index is 1210. The van der Waals surface area contributed by atoms with Crippen molar-refractivity contribution >= 4 is 52.8 Å². The van der Waals surface area contributed by atoms with Gasteiger partial charge in [-0.3, -0.25) is 14.9 Å². The fourth-order valence-corrected chi connectivity index (χ4v) is 3.52. The molecule has 0 bridgehead atoms. The first kappa shape index (κ1) is 19.9. The van der Waals surface area contributed by atoms with E-state index in [1.54, 1.807) is 18.2 Å². The van der Waals surface area contributed by atoms with Crippen molar-refractivity contribution in [1.82, 2.24) is 9.88 Å². The molecule has 0 aliphatic carbocycles. The first-order valence-electron chi connectivity index (χ1n) is 8.96. The second-order valence-corrected chi connectivity index (χ2v) is 7.45. The lowest BCUT2D eigenvalue weighted by molar-refractivity contribution is -0.122. The summed E-state index contributed by atoms with van der Waals surface area (Å²) in [6.07, 6.45) is 3.26. The number of anilines is 1. The number of halogens is 2. The molecular weight excluding hydrogens is 425 g/mol. The van der Waals surface area contributed by atoms with Crippen molar-refractivity contribution in [2.75, 3.05) is 4.90 Å². The number of urea groups is 1. The van der Waals surface area contributed by atoms with E-state index >= 15 is 0 Å². The first-order chi connectivity index (χ1) is 14.4. The van der Waals surface area contributed by atoms with E-state index in [0.29, 0.717) is 5.69 Å². The standard InChI is InChI=1S/C22H15Cl2N3O3/c1-13-7-9-14(10-8-13)26-11-3-4-15(26)12-16-20(28)25-22(30)27(21(16)29)18-6-2-5-17(23)19(18)24/h2-12H,1H3,(H,25,28,30)/b16-12+. The summed E-state index contributed by atoms with van der Waals surface area (Å²) in [6, 6.07) is 15.0. The summed E-state index contributed by atoms with van der Waals surface area (Å²) < 4.78 is 1.83. The minimum absolute atomic E-state index is 0.0411. The lowest BCUT2D eigenvalue weighted by Crippen LogP contribution is -2.54. The molecule has 6 nitrogen and oxygen atoms in total. The van der Waals surface area contributed by atoms with E-state index in [2.05, 4.69) is 5.32 Å². The van der Waals surface area contributed by atoms with Crippen LogP contribution in [0.25, 0.3) is 11.8 Å². The van der Waals surface area contributed by atoms with E-state index in [1.807, 2.05) is 42.0 Å². The molecule has 4 amide bonds. The number of aryl methyl sites for hydroxylation is 1. The molecule has 8 heteroatoms. The lowest BCUT2D eigenvalue weighted by Gasteiger charge is -2.27. The SMILES string of the molecule is Cc1ccc(-n2cccc2/C=C2\C(=O)NC(=O)N(c3cccc(Cl)c3Cl)C2=O)cc1. The van der Waals surface area contributed by atoms with Crippen molar-refractivity contribution < 1.29 is 14.4 Å². The van der Waals surface area contributed by atoms with E-state index < -0.39 is 17.8 Å². The van der Waals surface area contributed by atoms with Gasteiger partial charge < -0.3 is 4.57 Å². The van der Waals surface area contributed by atoms with Crippen molar-refractivity contribution in [3.8, 4) is 5.69 Å². The predicted octanol–water partition coefficient (Wildman–Crippen LogP) is 4.76. The summed E-state index contributed by atoms with van der Waals surface area (Å²) in [5.41, 5.74) is 2.48. The Morgan fingerprint density at radius 3 is 2.40 bits per heavy atom. The van der Waals surface area contributed by atoms with Gasteiger partial charge in [0.05, 0.1) is 15.7 Å². The van der Waals surface area contributed by atoms with Crippen LogP contribution < -0.4 is 10.2 Å². The van der Waals surface area contributed by atoms with Gasteiger partial charge in [0.25, 0.3) is 11.8 Å². The van der Waals surface area contributed by atoms with E-state index in [-0.39, 0.29) is 21.3 Å². The molecule has 2 heterocycles. The highest BCUT2D eigenvalue weighted by molar-refractivity contribution is 6.46. The number of benzene rings is 2. The number of carbonyl (C=O) groups is 3. The Morgan fingerprint density at radius 2 is 1.67 bits per heavy atom. The van der Waals surface area contributed by atoms with Crippen LogP contribution >= 0.6 is 23.2 Å². The van der Waals surface area contributed by atoms with Crippen LogP contribution in [0.4, 0.5) is 10.5 Å². The van der Waals surface area contributed by atoms with Crippen LogP contribution in [-0.4, -0.2) is 22.4 Å². The van der Waals surface area contributed by atoms with Gasteiger partial charge in [-0.15, -0.1) is 0 Å². The van der Waals surface area contributed by atoms with Gasteiger partial charge in [0, 0.05) is 17.6 Å². The van der Waals surface area contributed by atoms with Gasteiger partial charge >= 0.3 is 6.03 Å². The van der Waals surface area contributed by atoms with Crippen LogP contribution in [0.15, 0.2) is 66.4 Å². The molecule has 0 spiro atoms. The van der Waals surface area contributed by atoms with Gasteiger partial charge in [0.1, 0.15) is 5.57 Å². The second-order valence-electron chi connectivity index (χ2n) is 6.67. The normalized spacial score (nSPS) is 15.6. The summed E-state index contributed by atoms with van der Waals surface area (Å²) in [5.74, 6) is -1.57. The zero-order chi connectivity index (χ0) is 21.4. The van der Waals surface area contributed by atoms with E-state index in [1.165, 1.54) is 18.2 Å². The van der Waals surface area contributed by atoms with Gasteiger partial charge in [-0.2, -0.15) is 0 Å². The van der Waals surface area contributed by atoms with Crippen LogP contribution in [0.1, 0.15) is 11.3 Å². The van der Waals surface area contributed by atoms with E-state index in [4.69, 9.17) is 23.2 Å². The van der Waals surface area contributed by atoms with E-state index in [0.717, 1.165) is 16.2 Å². The summed E-state index contributed by atoms with van der Waals surface area (Å²) in [4.78, 5) is 38.7. The van der Waals surface area contributed by atoms with Gasteiger partial charge in [-0.05, 0) is 49.4 Å². The lowest BCUT2D eigenvalue weighted by atomic mass is 10.1. The van der Waals surface area contributed by atoms with Gasteiger partial charge in [0.15, 0.2) is 0 Å². The van der Waals surface area contributed by atoms with Gasteiger partial charge in [-0.25, -0.2) is 9.69 Å². The molecule has 3 aromatic rings. The Kier molecular flexibility index (Phi) is 5.20. The largest absolute Gasteiger partial charge is 0.336 e. The minimum atomic E-state index is -0.889. The van der Waals surface area contributed by atoms with Gasteiger partial charge in [-0.1, -0.05) is 47.0 Å². The number of nitrogens with one attached hydrogen (secondary N) is 1. The number of rotatable bonds is 3. The number of hydrogen-bond donors (Lipinski definition) is 1. The van der Waals surface area contributed by atoms with Crippen molar-refractivity contribution in [2.24, 2.45) is 0 Å². The van der Waals surface area contributed by atoms with Crippen molar-refractivity contribution in [3.63, 3.8) is 0 Å². The quantitative estimate of drug-likeness (QED) is 0.472. The van der Waals surface area contributed by atoms with Crippen LogP contribution in [0.3, 0.4) is 0 Å². The maximum absolute atomic E-state index is 13.1. The van der Waals surface area contributed by atoms with Crippen LogP contribution in [-0.2, 0) is 9.59 Å². The maximum atomic E-state index is 13.1. The third-order valence-electron chi connectivity index (χ3n) is 4.66. The molecule has 1 fully saturated rings. The predicted molar refractivity (Wildman–Crippen MR) is 116 cm³/mol. The second kappa shape index (κ2) is 7.82. The van der Waals surface area contributed by atoms with Crippen molar-refractivity contribution in [1.29, 1.82) is 0 Å². The Morgan fingerprint density at radius 1 is 0.933 bits per heavy atom. The molecule has 1 aliphatic rings. The number of barbiturate groups is 1. The molecule has 1 aromatic heterocycles. The molecular formula is C22H15Cl2N3O3. The summed E-state index contributed by atoms with van der Waals surface area (Å²) >= 11 is 12.2. The number of imide groups is 2. The average molecular weight is 440 g/mol. The molecule has 2 aromatic carbocycles. The van der Waals surface area contributed by atoms with Crippen LogP contribution in [0.5, 0.6) is 0 Å². The highest BCUT2D eigenvalue weighted by atomic mass is 35.5. The summed E-state index contributed by atoms with van der Waals surface area (Å²) in [6.45, 7) is 1.99. The van der Waals surface area contributed by atoms with Crippen molar-refractivity contribution in [3.05, 3.63) is 87.7 Å². The Hall–Kier alpha value is -3.35. The van der Waals surface area contributed by atoms with Gasteiger partial charge in [0.2, 0.25) is 0 Å². The van der Waals surface area contributed by atoms with Crippen LogP contribution in [0.2, 0.25) is 10.0 Å². The number of aromatic nitrogens is 1. The average Bonchev–Trinajstić information content (AvgIpc) is 3.17. The molecule has 0 unspecified atom stereocenters. The Labute approximate surface area is 182 Å². The molecule has 0 radical (unpaired) electrons. The molecule has 1 aliphatic heterocycles. The van der Waals surface area contributed by atoms with Crippen molar-refractivity contribution in [2.45, 2.75) is 6.92 Å². The molecule has 1 saturated heterocycles. The highest BCUT2D eigenvalue weighted by Gasteiger charge is 2.38. The number of carbonyl (C=O) groups excluding carboxylic acids is 3. The fourth-order valence-electron chi connectivity index (χ4n) is 3.14. The minimum Gasteiger partial charge on any atom is -0.317 e. The maximum Gasteiger partial charge on any atom is 0.336 e. The smallest absolute Gasteiger partial charge is 0.317 e. The number of nitrogens with zero attached hydrogens (tertiary/aromatic N) is 2. The molecule has 30 heavy (non-hydrogen) atoms. The zero-order valence-corrected chi connectivity index (χ0v) is 17.2. The molecule has 0 atom stereocenters. The molecule has 0 saturated carbocycles. The third kappa shape index (κ3) is 3.51. The molecule has 4 rings (SSSR count). The number of hydrogen-bond acceptors (Lipinski definition) is 3. The highest BCUT2D eigenvalue weighted by Crippen LogP contribution is 2.34. The third-order valence-corrected chi connectivity index (χ3v) is 5.47. The monoisotopic (exact) mass is 439 g/mol. The topological polar surface area (TPSA) is 71.4 Å². The molecule has 1 N–H and O–H groups in total. The fraction of sp³-hybridized carbons (Fsp3) is 0.0455. The first-order valence-corrected chi connectivity index (χ1v) is 9.72. The summed E-state index contributed by atoms with van der Waals surface area (Å²) in [5, 5.41) is 2.41. The summed E-state index contributed by atoms with van der Waals surface area (Å²) in [7, 11) is 0. The number of amides is 4. The zero-order valence-electron chi connectivity index (χ0n) is 15.7.